The highest BCUT2D eigenvalue weighted by molar-refractivity contribution is 6.85. The van der Waals surface area contributed by atoms with E-state index >= 15 is 0 Å². The summed E-state index contributed by atoms with van der Waals surface area (Å²) in [5.74, 6) is 0. The van der Waals surface area contributed by atoms with Crippen molar-refractivity contribution in [3.63, 3.8) is 0 Å². The van der Waals surface area contributed by atoms with Crippen LogP contribution in [-0.4, -0.2) is 96.3 Å². The lowest BCUT2D eigenvalue weighted by molar-refractivity contribution is 0.352. The van der Waals surface area contributed by atoms with E-state index in [2.05, 4.69) is 151 Å². The van der Waals surface area contributed by atoms with Gasteiger partial charge in [0, 0.05) is 0 Å². The normalized spacial score (nSPS) is 15.3. The Morgan fingerprint density at radius 3 is 0.881 bits per heavy atom. The molecule has 0 aliphatic rings. The second-order valence-electron chi connectivity index (χ2n) is 16.0. The van der Waals surface area contributed by atoms with Crippen molar-refractivity contribution >= 4 is 96.3 Å². The summed E-state index contributed by atoms with van der Waals surface area (Å²) in [7, 11) is -15.7. The van der Waals surface area contributed by atoms with Crippen molar-refractivity contribution in [3.8, 4) is 0 Å². The van der Waals surface area contributed by atoms with E-state index in [1.54, 1.807) is 0 Å². The first-order valence-corrected chi connectivity index (χ1v) is 46.7. The molecule has 0 spiro atoms. The molecule has 8 nitrogen and oxygen atoms in total. The van der Waals surface area contributed by atoms with Crippen molar-refractivity contribution < 1.29 is 32.9 Å². The maximum Gasteiger partial charge on any atom is 0.312 e. The molecular weight excluding hydrogens is 713 g/mol. The largest absolute Gasteiger partial charge is 0.442 e. The van der Waals surface area contributed by atoms with Gasteiger partial charge in [0.15, 0.2) is 51.4 Å². The fourth-order valence-electron chi connectivity index (χ4n) is 4.11. The van der Waals surface area contributed by atoms with Crippen molar-refractivity contribution in [2.24, 2.45) is 0 Å². The van der Waals surface area contributed by atoms with Gasteiger partial charge in [0.05, 0.1) is 0 Å². The van der Waals surface area contributed by atoms with E-state index in [-0.39, 0.29) is 0 Å². The summed E-state index contributed by atoms with van der Waals surface area (Å²) in [4.78, 5) is 0. The Kier molecular flexibility index (Phi) is 23.6. The Hall–Kier alpha value is 2.07. The van der Waals surface area contributed by atoms with Gasteiger partial charge in [0.1, 0.15) is 0 Å². The Morgan fingerprint density at radius 2 is 0.619 bits per heavy atom. The van der Waals surface area contributed by atoms with Gasteiger partial charge in [-0.3, -0.25) is 0 Å². The SMILES string of the molecule is C[SiH](C)O[SiH](C)O[Si](C)(C)O[SiH](C)C.C[SiH](O[Si](C)(C)C)O[Si](C)(C)C.C[SiH](O[Si](C)(C)C)O[Si](C)(C)O[Si](C)(C)C. The number of hydrogen-bond donors (Lipinski definition) is 0. The first-order valence-electron chi connectivity index (χ1n) is 15.6. The van der Waals surface area contributed by atoms with Crippen molar-refractivity contribution in [2.45, 2.75) is 151 Å². The van der Waals surface area contributed by atoms with E-state index in [0.717, 1.165) is 0 Å². The van der Waals surface area contributed by atoms with Crippen LogP contribution in [0.1, 0.15) is 0 Å². The summed E-state index contributed by atoms with van der Waals surface area (Å²) in [5, 5.41) is 0. The molecule has 0 bridgehead atoms. The predicted molar refractivity (Wildman–Crippen MR) is 214 cm³/mol. The first-order chi connectivity index (χ1) is 18.1. The van der Waals surface area contributed by atoms with Gasteiger partial charge in [-0.15, -0.1) is 0 Å². The van der Waals surface area contributed by atoms with Crippen LogP contribution in [0.5, 0.6) is 0 Å². The minimum absolute atomic E-state index is 0.939. The van der Waals surface area contributed by atoms with Crippen LogP contribution in [-0.2, 0) is 32.9 Å². The van der Waals surface area contributed by atoms with Gasteiger partial charge in [-0.1, -0.05) is 0 Å². The molecule has 0 aliphatic carbocycles. The molecule has 42 heavy (non-hydrogen) atoms. The van der Waals surface area contributed by atoms with Crippen molar-refractivity contribution in [3.05, 3.63) is 0 Å². The summed E-state index contributed by atoms with van der Waals surface area (Å²) < 4.78 is 47.7. The van der Waals surface area contributed by atoms with E-state index < -0.39 is 96.3 Å². The molecule has 0 fully saturated rings. The molecule has 0 N–H and O–H groups in total. The zero-order chi connectivity index (χ0) is 34.5. The third-order valence-electron chi connectivity index (χ3n) is 3.99. The molecule has 0 aromatic rings. The van der Waals surface area contributed by atoms with Crippen LogP contribution >= 0.6 is 0 Å². The molecular formula is C23H74O8Si11. The third kappa shape index (κ3) is 40.1. The number of rotatable bonds is 16. The Labute approximate surface area is 278 Å². The van der Waals surface area contributed by atoms with Gasteiger partial charge in [0.2, 0.25) is 0 Å². The van der Waals surface area contributed by atoms with Gasteiger partial charge in [0.25, 0.3) is 27.9 Å². The zero-order valence-corrected chi connectivity index (χ0v) is 43.9. The predicted octanol–water partition coefficient (Wildman–Crippen LogP) is 7.35. The van der Waals surface area contributed by atoms with E-state index in [9.17, 15) is 0 Å². The van der Waals surface area contributed by atoms with Gasteiger partial charge in [-0.05, 0) is 151 Å². The molecule has 0 saturated carbocycles. The second-order valence-corrected chi connectivity index (χ2v) is 53.7. The smallest absolute Gasteiger partial charge is 0.312 e. The molecule has 0 saturated heterocycles. The summed E-state index contributed by atoms with van der Waals surface area (Å²) in [6.45, 7) is 50.1. The number of hydrogen-bond acceptors (Lipinski definition) is 8. The van der Waals surface area contributed by atoms with Crippen LogP contribution in [0.15, 0.2) is 0 Å². The zero-order valence-electron chi connectivity index (χ0n) is 32.2. The molecule has 2 unspecified atom stereocenters. The fourth-order valence-corrected chi connectivity index (χ4v) is 39.3. The van der Waals surface area contributed by atoms with Crippen LogP contribution in [0, 0.1) is 0 Å². The lowest BCUT2D eigenvalue weighted by Crippen LogP contribution is -2.49. The highest BCUT2D eigenvalue weighted by Gasteiger charge is 2.35. The molecule has 0 radical (unpaired) electrons. The van der Waals surface area contributed by atoms with Crippen LogP contribution in [0.3, 0.4) is 0 Å². The summed E-state index contributed by atoms with van der Waals surface area (Å²) >= 11 is 0. The van der Waals surface area contributed by atoms with Gasteiger partial charge < -0.3 is 32.9 Å². The average Bonchev–Trinajstić information content (AvgIpc) is 2.51. The van der Waals surface area contributed by atoms with Crippen molar-refractivity contribution in [1.82, 2.24) is 0 Å². The lowest BCUT2D eigenvalue weighted by atomic mass is 11.8. The van der Waals surface area contributed by atoms with Crippen molar-refractivity contribution in [2.75, 3.05) is 0 Å². The Bertz CT molecular complexity index is 688. The maximum absolute atomic E-state index is 6.14. The first kappa shape index (κ1) is 48.5. The second kappa shape index (κ2) is 20.4. The van der Waals surface area contributed by atoms with E-state index in [1.807, 2.05) is 0 Å². The molecule has 2 atom stereocenters. The summed E-state index contributed by atoms with van der Waals surface area (Å²) in [6, 6.07) is 0. The molecule has 258 valence electrons. The quantitative estimate of drug-likeness (QED) is 0.151. The van der Waals surface area contributed by atoms with E-state index in [1.165, 1.54) is 0 Å². The average molecular weight is 788 g/mol. The van der Waals surface area contributed by atoms with Crippen LogP contribution in [0.4, 0.5) is 0 Å². The highest BCUT2D eigenvalue weighted by Crippen LogP contribution is 2.18. The molecule has 0 aliphatic heterocycles. The van der Waals surface area contributed by atoms with Gasteiger partial charge in [-0.25, -0.2) is 0 Å². The Morgan fingerprint density at radius 1 is 0.310 bits per heavy atom. The molecule has 0 heterocycles. The van der Waals surface area contributed by atoms with Crippen LogP contribution in [0.25, 0.3) is 0 Å². The lowest BCUT2D eigenvalue weighted by Gasteiger charge is -2.34. The standard InChI is InChI=1S/C9H28O3Si4.C7H24O3Si4.C7H22O2Si3/c1-13(10-14(2,3)4)11-16(8,9)12-15(5,6)7;1-11(2)8-13(5)10-14(6,7)9-12(3)4;1-10(8-11(2,3)4)9-12(5,6)7/h13H,1-9H3;11-13H,1-7H3;10H,1-7H3. The van der Waals surface area contributed by atoms with E-state index in [0.29, 0.717) is 0 Å². The molecule has 19 heteroatoms. The monoisotopic (exact) mass is 786 g/mol. The van der Waals surface area contributed by atoms with Crippen molar-refractivity contribution in [1.29, 1.82) is 0 Å². The van der Waals surface area contributed by atoms with Crippen LogP contribution in [0.2, 0.25) is 151 Å². The van der Waals surface area contributed by atoms with Gasteiger partial charge in [-0.2, -0.15) is 0 Å². The van der Waals surface area contributed by atoms with E-state index in [4.69, 9.17) is 32.9 Å². The van der Waals surface area contributed by atoms with Gasteiger partial charge >= 0.3 is 17.1 Å². The summed E-state index contributed by atoms with van der Waals surface area (Å²) in [5.41, 5.74) is 0. The molecule has 0 aromatic heterocycles. The van der Waals surface area contributed by atoms with Crippen LogP contribution < -0.4 is 0 Å². The highest BCUT2D eigenvalue weighted by atomic mass is 28.5. The summed E-state index contributed by atoms with van der Waals surface area (Å²) in [6.07, 6.45) is 0. The maximum atomic E-state index is 6.14. The fraction of sp³-hybridized carbons (Fsp3) is 1.00. The minimum atomic E-state index is -1.98. The molecule has 0 amide bonds. The third-order valence-corrected chi connectivity index (χ3v) is 35.9. The molecule has 0 rings (SSSR count). The topological polar surface area (TPSA) is 73.8 Å². The molecule has 0 aromatic carbocycles. The minimum Gasteiger partial charge on any atom is -0.442 e. The Balaban J connectivity index is -0.000000549.